The zero-order chi connectivity index (χ0) is 15.5. The first-order chi connectivity index (χ1) is 9.88. The summed E-state index contributed by atoms with van der Waals surface area (Å²) in [6.45, 7) is 1.69. The summed E-state index contributed by atoms with van der Waals surface area (Å²) < 4.78 is 28.1. The van der Waals surface area contributed by atoms with Crippen LogP contribution in [0.3, 0.4) is 0 Å². The number of hydrogen-bond donors (Lipinski definition) is 1. The molecular weight excluding hydrogens is 312 g/mol. The highest BCUT2D eigenvalue weighted by atomic mass is 35.5. The van der Waals surface area contributed by atoms with Gasteiger partial charge in [-0.3, -0.25) is 0 Å². The standard InChI is InChI=1S/C14H21ClN2O3S/c1-17-8-3-2-4-11(17)7-9-20-14-6-5-12(10-13(14)15)21(16,18)19/h5-6,10-11H,2-4,7-9H2,1H3,(H2,16,18,19). The van der Waals surface area contributed by atoms with E-state index >= 15 is 0 Å². The van der Waals surface area contributed by atoms with Crippen molar-refractivity contribution in [2.45, 2.75) is 36.6 Å². The van der Waals surface area contributed by atoms with Gasteiger partial charge in [0.05, 0.1) is 16.5 Å². The second-order valence-electron chi connectivity index (χ2n) is 5.40. The predicted octanol–water partition coefficient (Wildman–Crippen LogP) is 2.24. The molecular formula is C14H21ClN2O3S. The fraction of sp³-hybridized carbons (Fsp3) is 0.571. The first kappa shape index (κ1) is 16.5. The molecule has 118 valence electrons. The number of rotatable bonds is 5. The minimum atomic E-state index is -3.73. The van der Waals surface area contributed by atoms with Gasteiger partial charge in [-0.05, 0) is 51.1 Å². The molecule has 1 atom stereocenters. The summed E-state index contributed by atoms with van der Waals surface area (Å²) >= 11 is 6.03. The first-order valence-electron chi connectivity index (χ1n) is 7.03. The topological polar surface area (TPSA) is 72.6 Å². The summed E-state index contributed by atoms with van der Waals surface area (Å²) in [4.78, 5) is 2.35. The summed E-state index contributed by atoms with van der Waals surface area (Å²) in [6.07, 6.45) is 4.65. The maximum absolute atomic E-state index is 11.2. The average molecular weight is 333 g/mol. The minimum absolute atomic E-state index is 0.00753. The van der Waals surface area contributed by atoms with E-state index in [0.29, 0.717) is 18.4 Å². The highest BCUT2D eigenvalue weighted by Crippen LogP contribution is 2.27. The lowest BCUT2D eigenvalue weighted by atomic mass is 10.0. The van der Waals surface area contributed by atoms with E-state index in [1.807, 2.05) is 0 Å². The van der Waals surface area contributed by atoms with Gasteiger partial charge in [-0.15, -0.1) is 0 Å². The maximum Gasteiger partial charge on any atom is 0.238 e. The number of piperidine rings is 1. The van der Waals surface area contributed by atoms with E-state index < -0.39 is 10.0 Å². The largest absolute Gasteiger partial charge is 0.492 e. The Bertz CT molecular complexity index is 592. The Balaban J connectivity index is 1.91. The van der Waals surface area contributed by atoms with Crippen LogP contribution in [-0.2, 0) is 10.0 Å². The van der Waals surface area contributed by atoms with Crippen LogP contribution < -0.4 is 9.88 Å². The molecule has 1 aliphatic rings. The van der Waals surface area contributed by atoms with Crippen molar-refractivity contribution in [3.8, 4) is 5.75 Å². The van der Waals surface area contributed by atoms with Gasteiger partial charge in [0.2, 0.25) is 10.0 Å². The van der Waals surface area contributed by atoms with Crippen LogP contribution in [0.25, 0.3) is 0 Å². The number of sulfonamides is 1. The normalized spacial score (nSPS) is 20.4. The van der Waals surface area contributed by atoms with Gasteiger partial charge in [-0.1, -0.05) is 18.0 Å². The van der Waals surface area contributed by atoms with Crippen molar-refractivity contribution in [2.24, 2.45) is 5.14 Å². The predicted molar refractivity (Wildman–Crippen MR) is 83.2 cm³/mol. The molecule has 1 aromatic rings. The van der Waals surface area contributed by atoms with Crippen LogP contribution in [0.1, 0.15) is 25.7 Å². The first-order valence-corrected chi connectivity index (χ1v) is 8.96. The highest BCUT2D eigenvalue weighted by Gasteiger charge is 2.19. The van der Waals surface area contributed by atoms with Crippen LogP contribution >= 0.6 is 11.6 Å². The number of benzene rings is 1. The summed E-state index contributed by atoms with van der Waals surface area (Å²) in [6, 6.07) is 4.82. The third-order valence-electron chi connectivity index (χ3n) is 3.86. The SMILES string of the molecule is CN1CCCCC1CCOc1ccc(S(N)(=O)=O)cc1Cl. The highest BCUT2D eigenvalue weighted by molar-refractivity contribution is 7.89. The Morgan fingerprint density at radius 2 is 2.19 bits per heavy atom. The maximum atomic E-state index is 11.2. The van der Waals surface area contributed by atoms with Gasteiger partial charge in [0, 0.05) is 6.04 Å². The van der Waals surface area contributed by atoms with Gasteiger partial charge in [0.1, 0.15) is 5.75 Å². The molecule has 0 spiro atoms. The van der Waals surface area contributed by atoms with E-state index in [2.05, 4.69) is 11.9 Å². The van der Waals surface area contributed by atoms with Gasteiger partial charge in [-0.2, -0.15) is 0 Å². The molecule has 1 saturated heterocycles. The van der Waals surface area contributed by atoms with Crippen molar-refractivity contribution in [1.82, 2.24) is 4.90 Å². The van der Waals surface area contributed by atoms with Gasteiger partial charge < -0.3 is 9.64 Å². The van der Waals surface area contributed by atoms with Crippen molar-refractivity contribution in [1.29, 1.82) is 0 Å². The third-order valence-corrected chi connectivity index (χ3v) is 5.07. The molecule has 7 heteroatoms. The molecule has 0 amide bonds. The van der Waals surface area contributed by atoms with Crippen LogP contribution in [0, 0.1) is 0 Å². The minimum Gasteiger partial charge on any atom is -0.492 e. The van der Waals surface area contributed by atoms with Crippen LogP contribution in [0.5, 0.6) is 5.75 Å². The second kappa shape index (κ2) is 6.96. The fourth-order valence-corrected chi connectivity index (χ4v) is 3.43. The molecule has 0 bridgehead atoms. The fourth-order valence-electron chi connectivity index (χ4n) is 2.59. The van der Waals surface area contributed by atoms with E-state index in [-0.39, 0.29) is 9.92 Å². The monoisotopic (exact) mass is 332 g/mol. The molecule has 1 aliphatic heterocycles. The van der Waals surface area contributed by atoms with Crippen molar-refractivity contribution >= 4 is 21.6 Å². The molecule has 1 heterocycles. The van der Waals surface area contributed by atoms with E-state index in [4.69, 9.17) is 21.5 Å². The van der Waals surface area contributed by atoms with E-state index in [1.165, 1.54) is 31.4 Å². The molecule has 21 heavy (non-hydrogen) atoms. The Labute approximate surface area is 131 Å². The zero-order valence-electron chi connectivity index (χ0n) is 12.1. The molecule has 1 unspecified atom stereocenters. The second-order valence-corrected chi connectivity index (χ2v) is 7.37. The molecule has 0 aliphatic carbocycles. The molecule has 2 N–H and O–H groups in total. The van der Waals surface area contributed by atoms with Crippen LogP contribution in [0.2, 0.25) is 5.02 Å². The van der Waals surface area contributed by atoms with Crippen molar-refractivity contribution < 1.29 is 13.2 Å². The number of nitrogens with zero attached hydrogens (tertiary/aromatic N) is 1. The van der Waals surface area contributed by atoms with Gasteiger partial charge >= 0.3 is 0 Å². The molecule has 2 rings (SSSR count). The third kappa shape index (κ3) is 4.57. The number of ether oxygens (including phenoxy) is 1. The number of halogens is 1. The molecule has 0 saturated carbocycles. The molecule has 0 aromatic heterocycles. The van der Waals surface area contributed by atoms with Crippen molar-refractivity contribution in [2.75, 3.05) is 20.2 Å². The van der Waals surface area contributed by atoms with Crippen molar-refractivity contribution in [3.05, 3.63) is 23.2 Å². The van der Waals surface area contributed by atoms with Crippen molar-refractivity contribution in [3.63, 3.8) is 0 Å². The van der Waals surface area contributed by atoms with Gasteiger partial charge in [-0.25, -0.2) is 13.6 Å². The smallest absolute Gasteiger partial charge is 0.238 e. The summed E-state index contributed by atoms with van der Waals surface area (Å²) in [5, 5.41) is 5.32. The molecule has 0 radical (unpaired) electrons. The van der Waals surface area contributed by atoms with Gasteiger partial charge in [0.15, 0.2) is 0 Å². The molecule has 1 aromatic carbocycles. The Morgan fingerprint density at radius 3 is 2.81 bits per heavy atom. The van der Waals surface area contributed by atoms with E-state index in [9.17, 15) is 8.42 Å². The average Bonchev–Trinajstić information content (AvgIpc) is 2.41. The number of nitrogens with two attached hydrogens (primary N) is 1. The summed E-state index contributed by atoms with van der Waals surface area (Å²) in [5.74, 6) is 0.488. The number of hydrogen-bond acceptors (Lipinski definition) is 4. The quantitative estimate of drug-likeness (QED) is 0.897. The van der Waals surface area contributed by atoms with Crippen LogP contribution in [0.15, 0.2) is 23.1 Å². The number of primary sulfonamides is 1. The lowest BCUT2D eigenvalue weighted by Gasteiger charge is -2.32. The van der Waals surface area contributed by atoms with E-state index in [1.54, 1.807) is 6.07 Å². The summed E-state index contributed by atoms with van der Waals surface area (Å²) in [5.41, 5.74) is 0. The lowest BCUT2D eigenvalue weighted by molar-refractivity contribution is 0.153. The van der Waals surface area contributed by atoms with Crippen LogP contribution in [-0.4, -0.2) is 39.6 Å². The van der Waals surface area contributed by atoms with Crippen LogP contribution in [0.4, 0.5) is 0 Å². The van der Waals surface area contributed by atoms with E-state index in [0.717, 1.165) is 13.0 Å². The Hall–Kier alpha value is -0.820. The van der Waals surface area contributed by atoms with Gasteiger partial charge in [0.25, 0.3) is 0 Å². The number of likely N-dealkylation sites (tertiary alicyclic amines) is 1. The Morgan fingerprint density at radius 1 is 1.43 bits per heavy atom. The summed E-state index contributed by atoms with van der Waals surface area (Å²) in [7, 11) is -1.60. The lowest BCUT2D eigenvalue weighted by Crippen LogP contribution is -2.37. The zero-order valence-corrected chi connectivity index (χ0v) is 13.7. The molecule has 5 nitrogen and oxygen atoms in total. The Kier molecular flexibility index (Phi) is 5.48. The molecule has 1 fully saturated rings.